The standard InChI is InChI=1S/C15H20ClN3O/c1-3-6-18-8-11-9-19(10-15(20)17-2)14-7-12(16)4-5-13(11)14/h4-5,7,9,18H,3,6,8,10H2,1-2H3,(H,17,20). The number of hydrogen-bond donors (Lipinski definition) is 2. The molecular weight excluding hydrogens is 274 g/mol. The molecule has 0 aliphatic heterocycles. The van der Waals surface area contributed by atoms with Gasteiger partial charge in [0, 0.05) is 30.2 Å². The van der Waals surface area contributed by atoms with Crippen LogP contribution >= 0.6 is 11.6 Å². The zero-order valence-corrected chi connectivity index (χ0v) is 12.6. The van der Waals surface area contributed by atoms with Crippen LogP contribution in [0.15, 0.2) is 24.4 Å². The lowest BCUT2D eigenvalue weighted by Crippen LogP contribution is -2.23. The molecule has 0 atom stereocenters. The average molecular weight is 294 g/mol. The highest BCUT2D eigenvalue weighted by molar-refractivity contribution is 6.31. The van der Waals surface area contributed by atoms with E-state index >= 15 is 0 Å². The maximum Gasteiger partial charge on any atom is 0.239 e. The van der Waals surface area contributed by atoms with E-state index in [1.807, 2.05) is 29.0 Å². The lowest BCUT2D eigenvalue weighted by Gasteiger charge is -2.04. The summed E-state index contributed by atoms with van der Waals surface area (Å²) in [4.78, 5) is 11.6. The Morgan fingerprint density at radius 3 is 2.90 bits per heavy atom. The fourth-order valence-electron chi connectivity index (χ4n) is 2.25. The smallest absolute Gasteiger partial charge is 0.239 e. The molecule has 0 radical (unpaired) electrons. The van der Waals surface area contributed by atoms with E-state index in [4.69, 9.17) is 11.6 Å². The summed E-state index contributed by atoms with van der Waals surface area (Å²) in [5, 5.41) is 7.86. The Kier molecular flexibility index (Phi) is 5.04. The number of halogens is 1. The van der Waals surface area contributed by atoms with Gasteiger partial charge in [-0.15, -0.1) is 0 Å². The number of fused-ring (bicyclic) bond motifs is 1. The first-order valence-corrected chi connectivity index (χ1v) is 7.22. The first-order chi connectivity index (χ1) is 9.65. The van der Waals surface area contributed by atoms with E-state index in [0.717, 1.165) is 30.4 Å². The van der Waals surface area contributed by atoms with Crippen molar-refractivity contribution in [2.45, 2.75) is 26.4 Å². The summed E-state index contributed by atoms with van der Waals surface area (Å²) in [6, 6.07) is 5.81. The van der Waals surface area contributed by atoms with Crippen molar-refractivity contribution >= 4 is 28.4 Å². The maximum atomic E-state index is 11.6. The van der Waals surface area contributed by atoms with E-state index in [0.29, 0.717) is 11.6 Å². The third-order valence-electron chi connectivity index (χ3n) is 3.26. The molecule has 1 heterocycles. The molecule has 2 aromatic rings. The molecule has 1 amide bonds. The van der Waals surface area contributed by atoms with Crippen LogP contribution in [-0.4, -0.2) is 24.1 Å². The number of nitrogens with zero attached hydrogens (tertiary/aromatic N) is 1. The number of carbonyl (C=O) groups is 1. The quantitative estimate of drug-likeness (QED) is 0.804. The monoisotopic (exact) mass is 293 g/mol. The van der Waals surface area contributed by atoms with Crippen molar-refractivity contribution in [3.8, 4) is 0 Å². The summed E-state index contributed by atoms with van der Waals surface area (Å²) in [5.41, 5.74) is 2.18. The Balaban J connectivity index is 2.35. The van der Waals surface area contributed by atoms with Gasteiger partial charge in [0.15, 0.2) is 0 Å². The van der Waals surface area contributed by atoms with Crippen LogP contribution < -0.4 is 10.6 Å². The van der Waals surface area contributed by atoms with Crippen LogP contribution in [0.25, 0.3) is 10.9 Å². The van der Waals surface area contributed by atoms with Crippen LogP contribution in [0.2, 0.25) is 5.02 Å². The van der Waals surface area contributed by atoms with Gasteiger partial charge >= 0.3 is 0 Å². The molecule has 2 rings (SSSR count). The van der Waals surface area contributed by atoms with Crippen LogP contribution in [0, 0.1) is 0 Å². The summed E-state index contributed by atoms with van der Waals surface area (Å²) in [5.74, 6) is -0.0186. The van der Waals surface area contributed by atoms with Crippen molar-refractivity contribution in [1.82, 2.24) is 15.2 Å². The SMILES string of the molecule is CCCNCc1cn(CC(=O)NC)c2cc(Cl)ccc12. The van der Waals surface area contributed by atoms with Crippen LogP contribution in [0.5, 0.6) is 0 Å². The summed E-state index contributed by atoms with van der Waals surface area (Å²) in [6.07, 6.45) is 3.13. The van der Waals surface area contributed by atoms with Crippen LogP contribution in [0.1, 0.15) is 18.9 Å². The van der Waals surface area contributed by atoms with Gasteiger partial charge in [-0.3, -0.25) is 4.79 Å². The number of likely N-dealkylation sites (N-methyl/N-ethyl adjacent to an activating group) is 1. The Morgan fingerprint density at radius 1 is 1.40 bits per heavy atom. The van der Waals surface area contributed by atoms with Crippen LogP contribution in [0.4, 0.5) is 0 Å². The molecule has 2 N–H and O–H groups in total. The minimum Gasteiger partial charge on any atom is -0.358 e. The molecule has 0 aliphatic carbocycles. The van der Waals surface area contributed by atoms with Crippen LogP contribution in [0.3, 0.4) is 0 Å². The summed E-state index contributed by atoms with van der Waals surface area (Å²) in [6.45, 7) is 4.23. The zero-order chi connectivity index (χ0) is 14.5. The van der Waals surface area contributed by atoms with Crippen molar-refractivity contribution in [1.29, 1.82) is 0 Å². The van der Waals surface area contributed by atoms with E-state index < -0.39 is 0 Å². The average Bonchev–Trinajstić information content (AvgIpc) is 2.76. The second kappa shape index (κ2) is 6.77. The fraction of sp³-hybridized carbons (Fsp3) is 0.400. The molecule has 0 saturated heterocycles. The molecule has 20 heavy (non-hydrogen) atoms. The van der Waals surface area contributed by atoms with Crippen molar-refractivity contribution in [2.75, 3.05) is 13.6 Å². The van der Waals surface area contributed by atoms with Gasteiger partial charge in [-0.1, -0.05) is 24.6 Å². The van der Waals surface area contributed by atoms with Gasteiger partial charge < -0.3 is 15.2 Å². The summed E-state index contributed by atoms with van der Waals surface area (Å²) < 4.78 is 1.95. The fourth-order valence-corrected chi connectivity index (χ4v) is 2.41. The Labute approximate surface area is 124 Å². The van der Waals surface area contributed by atoms with Gasteiger partial charge in [-0.25, -0.2) is 0 Å². The Morgan fingerprint density at radius 2 is 2.20 bits per heavy atom. The molecule has 0 bridgehead atoms. The highest BCUT2D eigenvalue weighted by Gasteiger charge is 2.10. The van der Waals surface area contributed by atoms with Gasteiger partial charge in [0.1, 0.15) is 6.54 Å². The van der Waals surface area contributed by atoms with Gasteiger partial charge in [0.2, 0.25) is 5.91 Å². The molecule has 4 nitrogen and oxygen atoms in total. The number of hydrogen-bond acceptors (Lipinski definition) is 2. The molecule has 0 aliphatic rings. The summed E-state index contributed by atoms with van der Waals surface area (Å²) >= 11 is 6.07. The number of benzene rings is 1. The molecule has 0 spiro atoms. The number of amides is 1. The molecule has 0 saturated carbocycles. The normalized spacial score (nSPS) is 10.9. The van der Waals surface area contributed by atoms with E-state index in [1.165, 1.54) is 5.56 Å². The largest absolute Gasteiger partial charge is 0.358 e. The maximum absolute atomic E-state index is 11.6. The predicted molar refractivity (Wildman–Crippen MR) is 83.0 cm³/mol. The van der Waals surface area contributed by atoms with Crippen molar-refractivity contribution in [3.63, 3.8) is 0 Å². The van der Waals surface area contributed by atoms with Gasteiger partial charge in [0.25, 0.3) is 0 Å². The number of nitrogens with one attached hydrogen (secondary N) is 2. The minimum absolute atomic E-state index is 0.0186. The summed E-state index contributed by atoms with van der Waals surface area (Å²) in [7, 11) is 1.64. The predicted octanol–water partition coefficient (Wildman–Crippen LogP) is 2.54. The van der Waals surface area contributed by atoms with E-state index in [9.17, 15) is 4.79 Å². The first kappa shape index (κ1) is 14.9. The molecule has 0 fully saturated rings. The van der Waals surface area contributed by atoms with E-state index in [2.05, 4.69) is 17.6 Å². The van der Waals surface area contributed by atoms with Gasteiger partial charge in [0.05, 0.1) is 5.52 Å². The van der Waals surface area contributed by atoms with Crippen molar-refractivity contribution in [3.05, 3.63) is 35.0 Å². The molecular formula is C15H20ClN3O. The molecule has 5 heteroatoms. The van der Waals surface area contributed by atoms with E-state index in [1.54, 1.807) is 7.05 Å². The Hall–Kier alpha value is -1.52. The van der Waals surface area contributed by atoms with Crippen molar-refractivity contribution < 1.29 is 4.79 Å². The van der Waals surface area contributed by atoms with Crippen molar-refractivity contribution in [2.24, 2.45) is 0 Å². The second-order valence-corrected chi connectivity index (χ2v) is 5.23. The number of carbonyl (C=O) groups excluding carboxylic acids is 1. The highest BCUT2D eigenvalue weighted by atomic mass is 35.5. The van der Waals surface area contributed by atoms with Crippen LogP contribution in [-0.2, 0) is 17.9 Å². The molecule has 0 unspecified atom stereocenters. The zero-order valence-electron chi connectivity index (χ0n) is 11.9. The lowest BCUT2D eigenvalue weighted by molar-refractivity contribution is -0.121. The molecule has 1 aromatic heterocycles. The minimum atomic E-state index is -0.0186. The Bertz CT molecular complexity index is 606. The molecule has 108 valence electrons. The topological polar surface area (TPSA) is 46.1 Å². The third-order valence-corrected chi connectivity index (χ3v) is 3.50. The van der Waals surface area contributed by atoms with Gasteiger partial charge in [-0.05, 0) is 30.7 Å². The van der Waals surface area contributed by atoms with Gasteiger partial charge in [-0.2, -0.15) is 0 Å². The number of aromatic nitrogens is 1. The second-order valence-electron chi connectivity index (χ2n) is 4.79. The highest BCUT2D eigenvalue weighted by Crippen LogP contribution is 2.24. The first-order valence-electron chi connectivity index (χ1n) is 6.84. The lowest BCUT2D eigenvalue weighted by atomic mass is 10.2. The molecule has 1 aromatic carbocycles. The number of rotatable bonds is 6. The van der Waals surface area contributed by atoms with E-state index in [-0.39, 0.29) is 5.91 Å². The third kappa shape index (κ3) is 3.32.